The molecule has 4 atom stereocenters. The lowest BCUT2D eigenvalue weighted by atomic mass is 9.91. The smallest absolute Gasteiger partial charge is 0.379 e. The zero-order valence-electron chi connectivity index (χ0n) is 20.8. The van der Waals surface area contributed by atoms with Gasteiger partial charge in [0.25, 0.3) is 5.56 Å². The molecule has 1 aromatic heterocycles. The molecule has 206 valence electrons. The molecule has 0 amide bonds. The minimum absolute atomic E-state index is 0.187. The average molecular weight is 552 g/mol. The van der Waals surface area contributed by atoms with Crippen LogP contribution >= 0.6 is 7.82 Å². The minimum atomic E-state index is -4.59. The van der Waals surface area contributed by atoms with Gasteiger partial charge in [0, 0.05) is 19.3 Å². The number of carbonyl (C=O) groups is 1. The fraction of sp³-hybridized carbons (Fsp3) is 0.480. The van der Waals surface area contributed by atoms with E-state index in [1.54, 1.807) is 4.98 Å². The molecule has 0 saturated carbocycles. The predicted octanol–water partition coefficient (Wildman–Crippen LogP) is 2.22. The van der Waals surface area contributed by atoms with Crippen molar-refractivity contribution < 1.29 is 37.5 Å². The normalized spacial score (nSPS) is 22.4. The van der Waals surface area contributed by atoms with E-state index in [1.807, 2.05) is 18.2 Å². The molecule has 1 aliphatic rings. The van der Waals surface area contributed by atoms with Crippen LogP contribution in [0.1, 0.15) is 50.8 Å². The second-order valence-corrected chi connectivity index (χ2v) is 10.3. The minimum Gasteiger partial charge on any atom is -0.379 e. The summed E-state index contributed by atoms with van der Waals surface area (Å²) in [5.41, 5.74) is -3.20. The first-order valence-electron chi connectivity index (χ1n) is 12.0. The summed E-state index contributed by atoms with van der Waals surface area (Å²) in [7, 11) is -4.59. The molecule has 11 nitrogen and oxygen atoms in total. The average Bonchev–Trinajstić information content (AvgIpc) is 3.22. The van der Waals surface area contributed by atoms with E-state index >= 15 is 0 Å². The van der Waals surface area contributed by atoms with E-state index in [4.69, 9.17) is 13.8 Å². The van der Waals surface area contributed by atoms with Crippen LogP contribution in [0, 0.1) is 17.7 Å². The van der Waals surface area contributed by atoms with E-state index < -0.39 is 61.6 Å². The maximum absolute atomic E-state index is 13.7. The van der Waals surface area contributed by atoms with Crippen molar-refractivity contribution in [3.05, 3.63) is 68.7 Å². The highest BCUT2D eigenvalue weighted by Gasteiger charge is 2.52. The third-order valence-corrected chi connectivity index (χ3v) is 7.02. The molecule has 0 radical (unpaired) electrons. The van der Waals surface area contributed by atoms with Crippen molar-refractivity contribution >= 4 is 13.6 Å². The van der Waals surface area contributed by atoms with E-state index in [-0.39, 0.29) is 13.0 Å². The summed E-state index contributed by atoms with van der Waals surface area (Å²) in [5.74, 6) is 3.80. The third-order valence-electron chi connectivity index (χ3n) is 6.04. The number of aliphatic hydroxyl groups is 1. The number of ketones is 1. The van der Waals surface area contributed by atoms with Crippen LogP contribution in [0.2, 0.25) is 0 Å². The molecule has 2 heterocycles. The summed E-state index contributed by atoms with van der Waals surface area (Å²) < 4.78 is 41.8. The first-order valence-corrected chi connectivity index (χ1v) is 13.5. The van der Waals surface area contributed by atoms with Gasteiger partial charge in [0.15, 0.2) is 11.4 Å². The Morgan fingerprint density at radius 1 is 1.24 bits per heavy atom. The monoisotopic (exact) mass is 552 g/mol. The van der Waals surface area contributed by atoms with E-state index in [0.717, 1.165) is 26.2 Å². The molecular formula is C25H30FN2O9P. The van der Waals surface area contributed by atoms with Crippen LogP contribution in [-0.2, 0) is 29.6 Å². The van der Waals surface area contributed by atoms with Crippen LogP contribution < -0.4 is 11.2 Å². The number of unbranched alkanes of at least 4 members (excludes halogenated alkanes) is 2. The van der Waals surface area contributed by atoms with E-state index in [1.165, 1.54) is 5.56 Å². The lowest BCUT2D eigenvalue weighted by Gasteiger charge is -2.25. The highest BCUT2D eigenvalue weighted by atomic mass is 31.2. The van der Waals surface area contributed by atoms with Gasteiger partial charge < -0.3 is 14.7 Å². The molecule has 1 aliphatic heterocycles. The van der Waals surface area contributed by atoms with Gasteiger partial charge in [-0.25, -0.2) is 9.36 Å². The van der Waals surface area contributed by atoms with Crippen LogP contribution in [-0.4, -0.2) is 50.3 Å². The Hall–Kier alpha value is -2.91. The molecule has 1 unspecified atom stereocenters. The zero-order valence-corrected chi connectivity index (χ0v) is 21.7. The number of rotatable bonds is 12. The van der Waals surface area contributed by atoms with Crippen LogP contribution in [0.25, 0.3) is 0 Å². The van der Waals surface area contributed by atoms with Gasteiger partial charge in [0.05, 0.1) is 19.4 Å². The number of hydrogen-bond acceptors (Lipinski definition) is 8. The number of hydrogen-bond donors (Lipinski definition) is 3. The number of ether oxygens (including phenoxy) is 1. The SMILES string of the molecule is CC(=O)[C@]1(O)C[C@H](n2cc(F)c(=O)[nH]c2=O)O[C@@H]1COP(=O)(O)OCCC#CCCCCc1ccccc1. The lowest BCUT2D eigenvalue weighted by molar-refractivity contribution is -0.144. The van der Waals surface area contributed by atoms with Gasteiger partial charge in [0.1, 0.15) is 12.3 Å². The number of nitrogens with zero attached hydrogens (tertiary/aromatic N) is 1. The standard InChI is InChI=1S/C25H30FN2O9P/c1-18(29)25(32)15-22(28-16-20(26)23(30)27-24(28)31)37-21(25)17-36-38(33,34)35-14-10-5-3-2-4-7-11-19-12-8-6-9-13-19/h6,8-9,12-13,16,21-22,32H,2,4,7,10-11,14-15,17H2,1H3,(H,33,34)(H,27,30,31)/t21-,22-,25-/m1/s1. The molecule has 13 heteroatoms. The zero-order chi connectivity index (χ0) is 27.8. The van der Waals surface area contributed by atoms with Gasteiger partial charge in [-0.1, -0.05) is 30.3 Å². The number of carbonyl (C=O) groups excluding carboxylic acids is 1. The molecule has 1 saturated heterocycles. The van der Waals surface area contributed by atoms with Gasteiger partial charge in [-0.05, 0) is 31.7 Å². The molecule has 1 fully saturated rings. The van der Waals surface area contributed by atoms with Gasteiger partial charge >= 0.3 is 13.5 Å². The topological polar surface area (TPSA) is 157 Å². The van der Waals surface area contributed by atoms with Gasteiger partial charge in [0.2, 0.25) is 5.82 Å². The van der Waals surface area contributed by atoms with Crippen LogP contribution in [0.5, 0.6) is 0 Å². The lowest BCUT2D eigenvalue weighted by Crippen LogP contribution is -2.47. The Morgan fingerprint density at radius 2 is 1.95 bits per heavy atom. The molecule has 0 bridgehead atoms. The number of aromatic amines is 1. The Kier molecular flexibility index (Phi) is 10.3. The fourth-order valence-corrected chi connectivity index (χ4v) is 4.63. The van der Waals surface area contributed by atoms with Gasteiger partial charge in [-0.2, -0.15) is 4.39 Å². The molecule has 0 aliphatic carbocycles. The molecular weight excluding hydrogens is 522 g/mol. The van der Waals surface area contributed by atoms with Crippen molar-refractivity contribution in [2.45, 2.75) is 63.4 Å². The van der Waals surface area contributed by atoms with Crippen LogP contribution in [0.3, 0.4) is 0 Å². The Labute approximate surface area is 218 Å². The second-order valence-electron chi connectivity index (χ2n) is 8.80. The molecule has 1 aromatic carbocycles. The summed E-state index contributed by atoms with van der Waals surface area (Å²) in [4.78, 5) is 47.1. The van der Waals surface area contributed by atoms with Crippen LogP contribution in [0.4, 0.5) is 4.39 Å². The molecule has 3 N–H and O–H groups in total. The quantitative estimate of drug-likeness (QED) is 0.204. The Morgan fingerprint density at radius 3 is 2.66 bits per heavy atom. The first-order chi connectivity index (χ1) is 18.0. The summed E-state index contributed by atoms with van der Waals surface area (Å²) in [5, 5.41) is 10.8. The molecule has 0 spiro atoms. The van der Waals surface area contributed by atoms with Crippen LogP contribution in [0.15, 0.2) is 46.1 Å². The first kappa shape index (κ1) is 29.6. The Balaban J connectivity index is 1.45. The summed E-state index contributed by atoms with van der Waals surface area (Å²) in [6.45, 7) is 0.125. The molecule has 2 aromatic rings. The number of aromatic nitrogens is 2. The van der Waals surface area contributed by atoms with Crippen molar-refractivity contribution in [3.8, 4) is 11.8 Å². The second kappa shape index (κ2) is 13.2. The third kappa shape index (κ3) is 8.04. The van der Waals surface area contributed by atoms with Crippen molar-refractivity contribution in [1.29, 1.82) is 0 Å². The summed E-state index contributed by atoms with van der Waals surface area (Å²) in [6.07, 6.45) is 1.03. The van der Waals surface area contributed by atoms with Crippen molar-refractivity contribution in [2.75, 3.05) is 13.2 Å². The van der Waals surface area contributed by atoms with Crippen molar-refractivity contribution in [2.24, 2.45) is 0 Å². The molecule has 38 heavy (non-hydrogen) atoms. The highest BCUT2D eigenvalue weighted by Crippen LogP contribution is 2.45. The summed E-state index contributed by atoms with van der Waals surface area (Å²) >= 11 is 0. The van der Waals surface area contributed by atoms with Gasteiger partial charge in [-0.15, -0.1) is 11.8 Å². The number of aryl methyl sites for hydroxylation is 1. The maximum atomic E-state index is 13.7. The van der Waals surface area contributed by atoms with E-state index in [2.05, 4.69) is 24.0 Å². The van der Waals surface area contributed by atoms with E-state index in [0.29, 0.717) is 17.2 Å². The Bertz CT molecular complexity index is 1330. The number of phosphoric ester groups is 1. The van der Waals surface area contributed by atoms with E-state index in [9.17, 15) is 33.3 Å². The van der Waals surface area contributed by atoms with Gasteiger partial charge in [-0.3, -0.25) is 28.2 Å². The number of Topliss-reactive ketones (excluding diaryl/α,β-unsaturated/α-hetero) is 1. The number of halogens is 1. The summed E-state index contributed by atoms with van der Waals surface area (Å²) in [6, 6.07) is 10.1. The largest absolute Gasteiger partial charge is 0.472 e. The maximum Gasteiger partial charge on any atom is 0.472 e. The number of nitrogens with one attached hydrogen (secondary N) is 1. The van der Waals surface area contributed by atoms with Crippen molar-refractivity contribution in [1.82, 2.24) is 9.55 Å². The number of phosphoric acid groups is 1. The molecule has 3 rings (SSSR count). The predicted molar refractivity (Wildman–Crippen MR) is 134 cm³/mol. The number of H-pyrrole nitrogens is 1. The highest BCUT2D eigenvalue weighted by molar-refractivity contribution is 7.47. The number of benzene rings is 1. The van der Waals surface area contributed by atoms with Crippen molar-refractivity contribution in [3.63, 3.8) is 0 Å². The fourth-order valence-electron chi connectivity index (χ4n) is 3.91.